The molecule has 0 bridgehead atoms. The zero-order valence-electron chi connectivity index (χ0n) is 12.5. The Kier molecular flexibility index (Phi) is 6.84. The van der Waals surface area contributed by atoms with E-state index in [1.54, 1.807) is 12.1 Å². The summed E-state index contributed by atoms with van der Waals surface area (Å²) < 4.78 is 4.91. The van der Waals surface area contributed by atoms with Crippen LogP contribution in [-0.4, -0.2) is 31.1 Å². The quantitative estimate of drug-likeness (QED) is 0.570. The number of carbonyl (C=O) groups excluding carboxylic acids is 3. The molecule has 0 fully saturated rings. The SMILES string of the molecule is CC(C)c1ccc(NC(=O)COCC(=O)NNC(N)=O)cc1. The summed E-state index contributed by atoms with van der Waals surface area (Å²) in [6.07, 6.45) is 0. The van der Waals surface area contributed by atoms with E-state index in [0.29, 0.717) is 11.6 Å². The van der Waals surface area contributed by atoms with Gasteiger partial charge in [-0.2, -0.15) is 0 Å². The van der Waals surface area contributed by atoms with Crippen LogP contribution in [0.5, 0.6) is 0 Å². The van der Waals surface area contributed by atoms with Gasteiger partial charge in [0.05, 0.1) is 0 Å². The van der Waals surface area contributed by atoms with E-state index in [-0.39, 0.29) is 19.1 Å². The van der Waals surface area contributed by atoms with Crippen LogP contribution >= 0.6 is 0 Å². The zero-order valence-corrected chi connectivity index (χ0v) is 12.5. The number of nitrogens with one attached hydrogen (secondary N) is 3. The van der Waals surface area contributed by atoms with E-state index in [1.807, 2.05) is 23.0 Å². The minimum atomic E-state index is -0.893. The minimum Gasteiger partial charge on any atom is -0.362 e. The van der Waals surface area contributed by atoms with Gasteiger partial charge in [0.2, 0.25) is 5.91 Å². The molecule has 0 heterocycles. The number of ether oxygens (including phenoxy) is 1. The van der Waals surface area contributed by atoms with Gasteiger partial charge in [0.15, 0.2) is 0 Å². The van der Waals surface area contributed by atoms with Gasteiger partial charge in [-0.25, -0.2) is 10.2 Å². The van der Waals surface area contributed by atoms with Crippen LogP contribution in [-0.2, 0) is 14.3 Å². The molecule has 120 valence electrons. The monoisotopic (exact) mass is 308 g/mol. The molecule has 1 aromatic rings. The number of anilines is 1. The van der Waals surface area contributed by atoms with Gasteiger partial charge >= 0.3 is 6.03 Å². The van der Waals surface area contributed by atoms with E-state index in [1.165, 1.54) is 5.56 Å². The van der Waals surface area contributed by atoms with Gasteiger partial charge < -0.3 is 15.8 Å². The van der Waals surface area contributed by atoms with Crippen LogP contribution in [0.3, 0.4) is 0 Å². The zero-order chi connectivity index (χ0) is 16.5. The van der Waals surface area contributed by atoms with Crippen molar-refractivity contribution in [2.45, 2.75) is 19.8 Å². The number of hydrogen-bond donors (Lipinski definition) is 4. The van der Waals surface area contributed by atoms with Gasteiger partial charge in [0, 0.05) is 5.69 Å². The fraction of sp³-hybridized carbons (Fsp3) is 0.357. The Morgan fingerprint density at radius 1 is 1.05 bits per heavy atom. The van der Waals surface area contributed by atoms with Crippen molar-refractivity contribution < 1.29 is 19.1 Å². The average Bonchev–Trinajstić information content (AvgIpc) is 2.45. The highest BCUT2D eigenvalue weighted by molar-refractivity contribution is 5.92. The molecule has 0 saturated heterocycles. The molecule has 1 aromatic carbocycles. The predicted octanol–water partition coefficient (Wildman–Crippen LogP) is 0.465. The molecule has 0 atom stereocenters. The predicted molar refractivity (Wildman–Crippen MR) is 80.8 cm³/mol. The fourth-order valence-corrected chi connectivity index (χ4v) is 1.55. The fourth-order valence-electron chi connectivity index (χ4n) is 1.55. The highest BCUT2D eigenvalue weighted by Crippen LogP contribution is 2.16. The third-order valence-corrected chi connectivity index (χ3v) is 2.65. The number of nitrogens with two attached hydrogens (primary N) is 1. The van der Waals surface area contributed by atoms with Crippen LogP contribution in [0.2, 0.25) is 0 Å². The van der Waals surface area contributed by atoms with Crippen LogP contribution in [0.25, 0.3) is 0 Å². The van der Waals surface area contributed by atoms with Gasteiger partial charge in [0.25, 0.3) is 5.91 Å². The lowest BCUT2D eigenvalue weighted by Gasteiger charge is -2.09. The number of primary amides is 1. The van der Waals surface area contributed by atoms with E-state index in [0.717, 1.165) is 0 Å². The highest BCUT2D eigenvalue weighted by Gasteiger charge is 2.06. The molecular formula is C14H20N4O4. The van der Waals surface area contributed by atoms with Crippen molar-refractivity contribution in [3.63, 3.8) is 0 Å². The first kappa shape index (κ1) is 17.4. The Morgan fingerprint density at radius 2 is 1.64 bits per heavy atom. The summed E-state index contributed by atoms with van der Waals surface area (Å²) in [5.41, 5.74) is 10.5. The van der Waals surface area contributed by atoms with Crippen molar-refractivity contribution in [3.05, 3.63) is 29.8 Å². The van der Waals surface area contributed by atoms with Crippen molar-refractivity contribution in [2.24, 2.45) is 5.73 Å². The van der Waals surface area contributed by atoms with Crippen LogP contribution in [0.4, 0.5) is 10.5 Å². The Balaban J connectivity index is 2.28. The summed E-state index contributed by atoms with van der Waals surface area (Å²) in [6.45, 7) is 3.51. The molecule has 5 N–H and O–H groups in total. The molecule has 0 radical (unpaired) electrons. The second-order valence-corrected chi connectivity index (χ2v) is 4.86. The number of benzene rings is 1. The van der Waals surface area contributed by atoms with E-state index in [9.17, 15) is 14.4 Å². The molecule has 1 rings (SSSR count). The summed E-state index contributed by atoms with van der Waals surface area (Å²) in [6, 6.07) is 6.58. The molecule has 0 saturated carbocycles. The summed E-state index contributed by atoms with van der Waals surface area (Å²) in [4.78, 5) is 33.1. The lowest BCUT2D eigenvalue weighted by atomic mass is 10.0. The number of amides is 4. The first-order valence-corrected chi connectivity index (χ1v) is 6.70. The van der Waals surface area contributed by atoms with Gasteiger partial charge in [0.1, 0.15) is 13.2 Å². The molecule has 0 aliphatic carbocycles. The van der Waals surface area contributed by atoms with E-state index < -0.39 is 11.9 Å². The molecule has 0 aliphatic rings. The standard InChI is InChI=1S/C14H20N4O4/c1-9(2)10-3-5-11(6-4-10)16-12(19)7-22-8-13(20)17-18-14(15)21/h3-6,9H,7-8H2,1-2H3,(H,16,19)(H,17,20)(H3,15,18,21). The molecule has 4 amide bonds. The topological polar surface area (TPSA) is 123 Å². The first-order valence-electron chi connectivity index (χ1n) is 6.70. The number of urea groups is 1. The molecule has 0 aromatic heterocycles. The van der Waals surface area contributed by atoms with Crippen molar-refractivity contribution in [2.75, 3.05) is 18.5 Å². The Hall–Kier alpha value is -2.61. The summed E-state index contributed by atoms with van der Waals surface area (Å²) in [5, 5.41) is 2.65. The van der Waals surface area contributed by atoms with Crippen molar-refractivity contribution in [1.29, 1.82) is 0 Å². The molecule has 22 heavy (non-hydrogen) atoms. The molecular weight excluding hydrogens is 288 g/mol. The molecule has 0 spiro atoms. The lowest BCUT2D eigenvalue weighted by Crippen LogP contribution is -2.46. The van der Waals surface area contributed by atoms with Gasteiger partial charge in [-0.1, -0.05) is 26.0 Å². The summed E-state index contributed by atoms with van der Waals surface area (Å²) >= 11 is 0. The number of carbonyl (C=O) groups is 3. The van der Waals surface area contributed by atoms with E-state index >= 15 is 0 Å². The van der Waals surface area contributed by atoms with Gasteiger partial charge in [-0.15, -0.1) is 0 Å². The van der Waals surface area contributed by atoms with Crippen LogP contribution < -0.4 is 21.9 Å². The largest absolute Gasteiger partial charge is 0.362 e. The van der Waals surface area contributed by atoms with Crippen molar-refractivity contribution in [1.82, 2.24) is 10.9 Å². The van der Waals surface area contributed by atoms with Crippen molar-refractivity contribution >= 4 is 23.5 Å². The summed E-state index contributed by atoms with van der Waals surface area (Å²) in [7, 11) is 0. The maximum absolute atomic E-state index is 11.6. The maximum atomic E-state index is 11.6. The van der Waals surface area contributed by atoms with Crippen LogP contribution in [0.15, 0.2) is 24.3 Å². The van der Waals surface area contributed by atoms with Crippen LogP contribution in [0, 0.1) is 0 Å². The second kappa shape index (κ2) is 8.63. The Bertz CT molecular complexity index is 528. The van der Waals surface area contributed by atoms with E-state index in [4.69, 9.17) is 10.5 Å². The highest BCUT2D eigenvalue weighted by atomic mass is 16.5. The van der Waals surface area contributed by atoms with Crippen molar-refractivity contribution in [3.8, 4) is 0 Å². The van der Waals surface area contributed by atoms with E-state index in [2.05, 4.69) is 19.2 Å². The number of rotatable bonds is 6. The molecule has 0 unspecified atom stereocenters. The molecule has 0 aliphatic heterocycles. The average molecular weight is 308 g/mol. The third-order valence-electron chi connectivity index (χ3n) is 2.65. The third kappa shape index (κ3) is 6.71. The summed E-state index contributed by atoms with van der Waals surface area (Å²) in [5.74, 6) is -0.582. The molecule has 8 heteroatoms. The Morgan fingerprint density at radius 3 is 2.18 bits per heavy atom. The van der Waals surface area contributed by atoms with Gasteiger partial charge in [-0.3, -0.25) is 15.0 Å². The smallest absolute Gasteiger partial charge is 0.330 e. The number of hydrazine groups is 1. The normalized spacial score (nSPS) is 10.1. The Labute approximate surface area is 128 Å². The number of hydrogen-bond acceptors (Lipinski definition) is 4. The lowest BCUT2D eigenvalue weighted by molar-refractivity contribution is -0.129. The first-order chi connectivity index (χ1) is 10.4. The second-order valence-electron chi connectivity index (χ2n) is 4.86. The molecule has 8 nitrogen and oxygen atoms in total. The maximum Gasteiger partial charge on any atom is 0.330 e. The van der Waals surface area contributed by atoms with Gasteiger partial charge in [-0.05, 0) is 23.6 Å². The minimum absolute atomic E-state index is 0.282. The van der Waals surface area contributed by atoms with Crippen LogP contribution in [0.1, 0.15) is 25.3 Å².